The number of fused-ring (bicyclic) bond motifs is 2. The molecule has 1 atom stereocenters. The van der Waals surface area contributed by atoms with E-state index < -0.39 is 63.0 Å². The van der Waals surface area contributed by atoms with Gasteiger partial charge < -0.3 is 9.84 Å². The summed E-state index contributed by atoms with van der Waals surface area (Å²) in [6.45, 7) is 3.41. The van der Waals surface area contributed by atoms with Gasteiger partial charge in [-0.2, -0.15) is 17.5 Å². The average molecular weight is 667 g/mol. The quantitative estimate of drug-likeness (QED) is 0.256. The average Bonchev–Trinajstić information content (AvgIpc) is 3.05. The number of rotatable bonds is 6. The second-order valence-electron chi connectivity index (χ2n) is 11.9. The zero-order valence-corrected chi connectivity index (χ0v) is 26.4. The monoisotopic (exact) mass is 666 g/mol. The van der Waals surface area contributed by atoms with Crippen molar-refractivity contribution < 1.29 is 36.2 Å². The normalized spacial score (nSPS) is 21.3. The zero-order valence-electron chi connectivity index (χ0n) is 25.5. The highest BCUT2D eigenvalue weighted by Gasteiger charge is 2.47. The standard InChI is InChI=1S/C35H33F3N2O6S/c1-3-27-29(19-22-10-6-9-21-8-4-5-13-28(21)22)31(23-11-7-12-24(18-23)35(36,37)38)33-40(32(27)42)30(34(43)46-2)20-39(47(33,44)45)25-14-16-26(41)17-15-25/h3-13,18,25-26,30,41H,1,14-17,19-20H2,2H3. The van der Waals surface area contributed by atoms with E-state index in [-0.39, 0.29) is 28.7 Å². The molecular formula is C35H33F3N2O6S. The highest BCUT2D eigenvalue weighted by molar-refractivity contribution is 7.89. The summed E-state index contributed by atoms with van der Waals surface area (Å²) in [7, 11) is -3.50. The number of alkyl halides is 3. The molecule has 1 N–H and O–H groups in total. The molecule has 4 aromatic rings. The SMILES string of the molecule is C=Cc1c(Cc2cccc3ccccc23)c(-c2cccc(C(F)(F)F)c2)c2n(c1=O)C(C(=O)OC)CN(C1CCC(O)CC1)S2(=O)=O. The molecule has 0 saturated heterocycles. The van der Waals surface area contributed by atoms with Crippen molar-refractivity contribution in [3.05, 3.63) is 106 Å². The summed E-state index contributed by atoms with van der Waals surface area (Å²) < 4.78 is 78.9. The van der Waals surface area contributed by atoms with Crippen LogP contribution in [0.2, 0.25) is 0 Å². The van der Waals surface area contributed by atoms with Crippen molar-refractivity contribution in [1.82, 2.24) is 8.87 Å². The van der Waals surface area contributed by atoms with E-state index >= 15 is 0 Å². The van der Waals surface area contributed by atoms with Gasteiger partial charge in [0.25, 0.3) is 15.6 Å². The van der Waals surface area contributed by atoms with E-state index in [1.165, 1.54) is 18.2 Å². The maximum absolute atomic E-state index is 14.8. The minimum Gasteiger partial charge on any atom is -0.467 e. The molecular weight excluding hydrogens is 633 g/mol. The Labute approximate surface area is 269 Å². The first-order valence-corrected chi connectivity index (χ1v) is 16.7. The predicted octanol–water partition coefficient (Wildman–Crippen LogP) is 5.94. The Bertz CT molecular complexity index is 2040. The Balaban J connectivity index is 1.73. The Morgan fingerprint density at radius 1 is 1.04 bits per heavy atom. The van der Waals surface area contributed by atoms with Gasteiger partial charge in [-0.05, 0) is 71.7 Å². The van der Waals surface area contributed by atoms with Crippen LogP contribution in [0.1, 0.15) is 54.0 Å². The molecule has 0 bridgehead atoms. The fourth-order valence-electron chi connectivity index (χ4n) is 6.92. The number of carbonyl (C=O) groups is 1. The minimum absolute atomic E-state index is 0.0224. The van der Waals surface area contributed by atoms with Gasteiger partial charge in [0, 0.05) is 23.7 Å². The lowest BCUT2D eigenvalue weighted by molar-refractivity contribution is -0.145. The van der Waals surface area contributed by atoms with E-state index in [9.17, 15) is 36.3 Å². The van der Waals surface area contributed by atoms with Crippen LogP contribution in [0.15, 0.2) is 83.1 Å². The second-order valence-corrected chi connectivity index (χ2v) is 13.7. The van der Waals surface area contributed by atoms with E-state index in [4.69, 9.17) is 4.74 Å². The number of hydrogen-bond donors (Lipinski definition) is 1. The van der Waals surface area contributed by atoms with Crippen molar-refractivity contribution >= 4 is 32.8 Å². The first-order chi connectivity index (χ1) is 22.4. The second kappa shape index (κ2) is 12.4. The fourth-order valence-corrected chi connectivity index (χ4v) is 9.04. The molecule has 2 heterocycles. The molecule has 246 valence electrons. The van der Waals surface area contributed by atoms with E-state index in [0.29, 0.717) is 31.2 Å². The topological polar surface area (TPSA) is 106 Å². The number of aromatic nitrogens is 1. The van der Waals surface area contributed by atoms with Crippen LogP contribution < -0.4 is 5.56 Å². The lowest BCUT2D eigenvalue weighted by atomic mass is 9.89. The third kappa shape index (κ3) is 5.79. The highest BCUT2D eigenvalue weighted by Crippen LogP contribution is 2.43. The number of esters is 1. The summed E-state index contributed by atoms with van der Waals surface area (Å²) in [6.07, 6.45) is -2.87. The van der Waals surface area contributed by atoms with E-state index in [1.54, 1.807) is 0 Å². The fraction of sp³-hybridized carbons (Fsp3) is 0.314. The van der Waals surface area contributed by atoms with Crippen LogP contribution in [0.3, 0.4) is 0 Å². The molecule has 1 aliphatic heterocycles. The number of pyridine rings is 1. The number of nitrogens with zero attached hydrogens (tertiary/aromatic N) is 2. The number of aliphatic hydroxyl groups is 1. The molecule has 1 fully saturated rings. The molecule has 1 unspecified atom stereocenters. The van der Waals surface area contributed by atoms with Crippen LogP contribution in [0.25, 0.3) is 28.0 Å². The van der Waals surface area contributed by atoms with Gasteiger partial charge in [-0.25, -0.2) is 13.2 Å². The van der Waals surface area contributed by atoms with Gasteiger partial charge in [0.2, 0.25) is 0 Å². The molecule has 0 amide bonds. The molecule has 12 heteroatoms. The van der Waals surface area contributed by atoms with Crippen molar-refractivity contribution in [2.24, 2.45) is 0 Å². The highest BCUT2D eigenvalue weighted by atomic mass is 32.2. The van der Waals surface area contributed by atoms with Crippen molar-refractivity contribution in [3.8, 4) is 11.1 Å². The molecule has 3 aromatic carbocycles. The summed E-state index contributed by atoms with van der Waals surface area (Å²) in [5.41, 5.74) is -1.19. The van der Waals surface area contributed by atoms with Crippen LogP contribution in [0.4, 0.5) is 13.2 Å². The van der Waals surface area contributed by atoms with Crippen LogP contribution in [-0.4, -0.2) is 54.2 Å². The van der Waals surface area contributed by atoms with Crippen molar-refractivity contribution in [2.75, 3.05) is 13.7 Å². The van der Waals surface area contributed by atoms with Crippen LogP contribution in [-0.2, 0) is 32.2 Å². The van der Waals surface area contributed by atoms with Gasteiger partial charge in [0.1, 0.15) is 6.04 Å². The summed E-state index contributed by atoms with van der Waals surface area (Å²) >= 11 is 0. The van der Waals surface area contributed by atoms with E-state index in [1.807, 2.05) is 42.5 Å². The van der Waals surface area contributed by atoms with Crippen LogP contribution in [0.5, 0.6) is 0 Å². The number of methoxy groups -OCH3 is 1. The summed E-state index contributed by atoms with van der Waals surface area (Å²) in [5.74, 6) is -0.879. The van der Waals surface area contributed by atoms with Gasteiger partial charge in [0.15, 0.2) is 5.03 Å². The minimum atomic E-state index is -4.75. The lowest BCUT2D eigenvalue weighted by Crippen LogP contribution is -2.54. The summed E-state index contributed by atoms with van der Waals surface area (Å²) in [6, 6.07) is 15.2. The summed E-state index contributed by atoms with van der Waals surface area (Å²) in [4.78, 5) is 27.7. The van der Waals surface area contributed by atoms with Gasteiger partial charge in [-0.1, -0.05) is 67.3 Å². The third-order valence-electron chi connectivity index (χ3n) is 9.20. The first-order valence-electron chi connectivity index (χ1n) is 15.2. The molecule has 2 aliphatic rings. The van der Waals surface area contributed by atoms with Crippen LogP contribution in [0, 0.1) is 0 Å². The molecule has 0 spiro atoms. The lowest BCUT2D eigenvalue weighted by Gasteiger charge is -2.41. The molecule has 1 aromatic heterocycles. The molecule has 47 heavy (non-hydrogen) atoms. The van der Waals surface area contributed by atoms with E-state index in [0.717, 1.165) is 38.9 Å². The van der Waals surface area contributed by atoms with Crippen molar-refractivity contribution in [2.45, 2.75) is 61.5 Å². The number of benzene rings is 3. The number of carbonyl (C=O) groups excluding carboxylic acids is 1. The number of ether oxygens (including phenoxy) is 1. The van der Waals surface area contributed by atoms with Gasteiger partial charge in [0.05, 0.1) is 18.8 Å². The number of hydrogen-bond acceptors (Lipinski definition) is 6. The Morgan fingerprint density at radius 2 is 1.72 bits per heavy atom. The Kier molecular flexibility index (Phi) is 8.62. The van der Waals surface area contributed by atoms with E-state index in [2.05, 4.69) is 6.58 Å². The molecule has 0 radical (unpaired) electrons. The molecule has 6 rings (SSSR count). The Morgan fingerprint density at radius 3 is 2.40 bits per heavy atom. The predicted molar refractivity (Wildman–Crippen MR) is 171 cm³/mol. The van der Waals surface area contributed by atoms with Crippen molar-refractivity contribution in [3.63, 3.8) is 0 Å². The third-order valence-corrected chi connectivity index (χ3v) is 11.2. The maximum atomic E-state index is 14.8. The zero-order chi connectivity index (χ0) is 33.7. The van der Waals surface area contributed by atoms with Gasteiger partial charge >= 0.3 is 12.1 Å². The number of sulfonamides is 1. The smallest absolute Gasteiger partial charge is 0.416 e. The number of aliphatic hydroxyl groups excluding tert-OH is 1. The maximum Gasteiger partial charge on any atom is 0.416 e. The van der Waals surface area contributed by atoms with Crippen molar-refractivity contribution in [1.29, 1.82) is 0 Å². The van der Waals surface area contributed by atoms with Crippen LogP contribution >= 0.6 is 0 Å². The Hall–Kier alpha value is -4.26. The van der Waals surface area contributed by atoms with Gasteiger partial charge in [-0.15, -0.1) is 0 Å². The molecule has 1 aliphatic carbocycles. The number of halogens is 3. The largest absolute Gasteiger partial charge is 0.467 e. The molecule has 8 nitrogen and oxygen atoms in total. The first kappa shape index (κ1) is 32.7. The molecule has 1 saturated carbocycles. The van der Waals surface area contributed by atoms with Gasteiger partial charge in [-0.3, -0.25) is 9.36 Å². The summed E-state index contributed by atoms with van der Waals surface area (Å²) in [5, 5.41) is 11.3.